The zero-order chi connectivity index (χ0) is 32.0. The largest absolute Gasteiger partial charge is 0.456 e. The molecule has 0 radical (unpaired) electrons. The van der Waals surface area contributed by atoms with Crippen LogP contribution in [0.1, 0.15) is 24.2 Å². The molecule has 0 spiro atoms. The van der Waals surface area contributed by atoms with Gasteiger partial charge in [-0.05, 0) is 76.2 Å². The zero-order valence-corrected chi connectivity index (χ0v) is 26.7. The highest BCUT2D eigenvalue weighted by molar-refractivity contribution is 6.39. The molecule has 0 saturated heterocycles. The normalized spacial score (nSPS) is 13.2. The van der Waals surface area contributed by atoms with Gasteiger partial charge in [-0.1, -0.05) is 127 Å². The monoisotopic (exact) mass is 637 g/mol. The molecule has 2 heterocycles. The number of furan rings is 1. The molecule has 9 rings (SSSR count). The van der Waals surface area contributed by atoms with E-state index in [2.05, 4.69) is 109 Å². The van der Waals surface area contributed by atoms with Crippen LogP contribution in [0.25, 0.3) is 77.8 Å². The molecule has 5 heteroatoms. The van der Waals surface area contributed by atoms with Gasteiger partial charge in [-0.25, -0.2) is 15.0 Å². The van der Waals surface area contributed by atoms with E-state index in [1.165, 1.54) is 0 Å². The van der Waals surface area contributed by atoms with Crippen LogP contribution in [0.5, 0.6) is 0 Å². The van der Waals surface area contributed by atoms with Crippen LogP contribution in [-0.2, 0) is 0 Å². The zero-order valence-electron chi connectivity index (χ0n) is 25.9. The number of halogens is 1. The van der Waals surface area contributed by atoms with E-state index in [4.69, 9.17) is 31.0 Å². The Bertz CT molecular complexity index is 2570. The summed E-state index contributed by atoms with van der Waals surface area (Å²) in [7, 11) is 0. The molecule has 1 aliphatic rings. The molecule has 1 aliphatic carbocycles. The topological polar surface area (TPSA) is 51.8 Å². The van der Waals surface area contributed by atoms with E-state index in [0.717, 1.165) is 84.5 Å². The Morgan fingerprint density at radius 2 is 1.17 bits per heavy atom. The fourth-order valence-corrected chi connectivity index (χ4v) is 7.01. The highest BCUT2D eigenvalue weighted by Gasteiger charge is 2.20. The number of aromatic nitrogens is 3. The van der Waals surface area contributed by atoms with Gasteiger partial charge in [-0.3, -0.25) is 0 Å². The number of fused-ring (bicyclic) bond motifs is 5. The second-order valence-corrected chi connectivity index (χ2v) is 12.4. The lowest BCUT2D eigenvalue weighted by Crippen LogP contribution is -2.05. The van der Waals surface area contributed by atoms with Crippen LogP contribution in [0.3, 0.4) is 0 Å². The predicted molar refractivity (Wildman–Crippen MR) is 198 cm³/mol. The van der Waals surface area contributed by atoms with Crippen molar-refractivity contribution in [2.75, 3.05) is 0 Å². The smallest absolute Gasteiger partial charge is 0.164 e. The molecule has 2 aromatic heterocycles. The van der Waals surface area contributed by atoms with Crippen molar-refractivity contribution in [1.82, 2.24) is 15.0 Å². The fourth-order valence-electron chi connectivity index (χ4n) is 6.75. The van der Waals surface area contributed by atoms with Crippen molar-refractivity contribution in [1.29, 1.82) is 0 Å². The molecular formula is C43H28ClN3O. The molecule has 0 saturated carbocycles. The number of nitrogens with zero attached hydrogens (tertiary/aromatic N) is 3. The molecule has 0 fully saturated rings. The third kappa shape index (κ3) is 4.98. The number of benzene rings is 6. The molecule has 6 aromatic carbocycles. The Kier molecular flexibility index (Phi) is 6.95. The second-order valence-electron chi connectivity index (χ2n) is 12.0. The van der Waals surface area contributed by atoms with Gasteiger partial charge in [0.1, 0.15) is 11.2 Å². The predicted octanol–water partition coefficient (Wildman–Crippen LogP) is 11.8. The van der Waals surface area contributed by atoms with Crippen molar-refractivity contribution in [2.24, 2.45) is 0 Å². The maximum Gasteiger partial charge on any atom is 0.164 e. The van der Waals surface area contributed by atoms with Crippen molar-refractivity contribution in [2.45, 2.75) is 12.8 Å². The van der Waals surface area contributed by atoms with Crippen LogP contribution in [0, 0.1) is 0 Å². The van der Waals surface area contributed by atoms with E-state index in [-0.39, 0.29) is 0 Å². The van der Waals surface area contributed by atoms with Crippen LogP contribution in [0.2, 0.25) is 5.02 Å². The molecule has 0 N–H and O–H groups in total. The van der Waals surface area contributed by atoms with E-state index in [9.17, 15) is 0 Å². The van der Waals surface area contributed by atoms with Gasteiger partial charge < -0.3 is 4.42 Å². The molecule has 0 aliphatic heterocycles. The molecule has 0 bridgehead atoms. The first-order chi connectivity index (χ1) is 23.7. The molecule has 0 unspecified atom stereocenters. The summed E-state index contributed by atoms with van der Waals surface area (Å²) in [6.45, 7) is 0. The second kappa shape index (κ2) is 11.8. The van der Waals surface area contributed by atoms with Crippen LogP contribution >= 0.6 is 11.6 Å². The Morgan fingerprint density at radius 1 is 0.521 bits per heavy atom. The number of hydrogen-bond donors (Lipinski definition) is 0. The first kappa shape index (κ1) is 28.4. The molecular weight excluding hydrogens is 610 g/mol. The Labute approximate surface area is 282 Å². The van der Waals surface area contributed by atoms with Crippen LogP contribution < -0.4 is 0 Å². The van der Waals surface area contributed by atoms with E-state index in [1.54, 1.807) is 0 Å². The van der Waals surface area contributed by atoms with Crippen LogP contribution in [-0.4, -0.2) is 15.0 Å². The standard InChI is InChI=1S/C43H28ClN3O/c44-36-19-10-20-37-40(36)39-35-26-32(22-21-29(35)23-24-38(39)48-37)42-45-41(31-16-9-15-30(25-31)27-11-3-1-4-12-27)46-43(47-42)34-18-8-7-17-33(34)28-13-5-2-6-14-28/h1-7,9-17,19-26H,8,18H2. The first-order valence-corrected chi connectivity index (χ1v) is 16.5. The van der Waals surface area contributed by atoms with Gasteiger partial charge >= 0.3 is 0 Å². The van der Waals surface area contributed by atoms with Crippen molar-refractivity contribution in [3.05, 3.63) is 162 Å². The summed E-state index contributed by atoms with van der Waals surface area (Å²) in [4.78, 5) is 15.5. The maximum absolute atomic E-state index is 6.75. The summed E-state index contributed by atoms with van der Waals surface area (Å²) >= 11 is 6.75. The van der Waals surface area contributed by atoms with E-state index >= 15 is 0 Å². The number of hydrogen-bond acceptors (Lipinski definition) is 4. The minimum Gasteiger partial charge on any atom is -0.456 e. The van der Waals surface area contributed by atoms with Gasteiger partial charge in [0, 0.05) is 27.5 Å². The summed E-state index contributed by atoms with van der Waals surface area (Å²) in [5, 5.41) is 4.70. The summed E-state index contributed by atoms with van der Waals surface area (Å²) in [5.74, 6) is 1.95. The minimum atomic E-state index is 0.618. The first-order valence-electron chi connectivity index (χ1n) is 16.1. The molecule has 228 valence electrons. The molecule has 0 atom stereocenters. The fraction of sp³-hybridized carbons (Fsp3) is 0.0465. The van der Waals surface area contributed by atoms with Crippen molar-refractivity contribution in [3.8, 4) is 33.9 Å². The number of rotatable bonds is 5. The average molecular weight is 638 g/mol. The van der Waals surface area contributed by atoms with Gasteiger partial charge in [-0.2, -0.15) is 0 Å². The SMILES string of the molecule is Clc1cccc2oc3ccc4ccc(-c5nc(C6=C(c7ccccc7)C=CCC6)nc(-c6cccc(-c7ccccc7)c6)n5)cc4c3c12. The van der Waals surface area contributed by atoms with Gasteiger partial charge in [0.2, 0.25) is 0 Å². The number of allylic oxidation sites excluding steroid dienone is 4. The average Bonchev–Trinajstić information content (AvgIpc) is 3.56. The van der Waals surface area contributed by atoms with Gasteiger partial charge in [0.05, 0.1) is 5.02 Å². The van der Waals surface area contributed by atoms with Gasteiger partial charge in [0.25, 0.3) is 0 Å². The van der Waals surface area contributed by atoms with Crippen molar-refractivity contribution in [3.63, 3.8) is 0 Å². The lowest BCUT2D eigenvalue weighted by atomic mass is 9.91. The molecule has 8 aromatic rings. The Hall–Kier alpha value is -5.84. The third-order valence-electron chi connectivity index (χ3n) is 9.08. The summed E-state index contributed by atoms with van der Waals surface area (Å²) < 4.78 is 6.23. The highest BCUT2D eigenvalue weighted by atomic mass is 35.5. The van der Waals surface area contributed by atoms with Crippen LogP contribution in [0.4, 0.5) is 0 Å². The van der Waals surface area contributed by atoms with Crippen molar-refractivity contribution >= 4 is 55.5 Å². The molecule has 0 amide bonds. The van der Waals surface area contributed by atoms with Gasteiger partial charge in [-0.15, -0.1) is 0 Å². The quantitative estimate of drug-likeness (QED) is 0.188. The lowest BCUT2D eigenvalue weighted by Gasteiger charge is -2.17. The van der Waals surface area contributed by atoms with Crippen molar-refractivity contribution < 1.29 is 4.42 Å². The summed E-state index contributed by atoms with van der Waals surface area (Å²) in [5.41, 5.74) is 9.05. The third-order valence-corrected chi connectivity index (χ3v) is 9.39. The maximum atomic E-state index is 6.75. The summed E-state index contributed by atoms with van der Waals surface area (Å²) in [6.07, 6.45) is 6.19. The summed E-state index contributed by atoms with van der Waals surface area (Å²) in [6, 6.07) is 45.6. The molecule has 4 nitrogen and oxygen atoms in total. The Morgan fingerprint density at radius 3 is 1.98 bits per heavy atom. The van der Waals surface area contributed by atoms with E-state index in [1.807, 2.05) is 36.4 Å². The highest BCUT2D eigenvalue weighted by Crippen LogP contribution is 2.40. The molecule has 48 heavy (non-hydrogen) atoms. The lowest BCUT2D eigenvalue weighted by molar-refractivity contribution is 0.669. The van der Waals surface area contributed by atoms with Crippen LogP contribution in [0.15, 0.2) is 150 Å². The Balaban J connectivity index is 1.28. The minimum absolute atomic E-state index is 0.618. The van der Waals surface area contributed by atoms with E-state index in [0.29, 0.717) is 22.5 Å². The van der Waals surface area contributed by atoms with Gasteiger partial charge in [0.15, 0.2) is 17.5 Å². The van der Waals surface area contributed by atoms with E-state index < -0.39 is 0 Å².